The van der Waals surface area contributed by atoms with E-state index in [-0.39, 0.29) is 24.3 Å². The summed E-state index contributed by atoms with van der Waals surface area (Å²) in [7, 11) is 0. The van der Waals surface area contributed by atoms with Crippen molar-refractivity contribution in [2.45, 2.75) is 26.3 Å². The fraction of sp³-hybridized carbons (Fsp3) is 0.467. The minimum atomic E-state index is -0.129. The minimum absolute atomic E-state index is 0.106. The van der Waals surface area contributed by atoms with Crippen LogP contribution in [0.1, 0.15) is 25.3 Å². The van der Waals surface area contributed by atoms with Crippen molar-refractivity contribution in [1.82, 2.24) is 10.2 Å². The molecule has 1 N–H and O–H groups in total. The Morgan fingerprint density at radius 1 is 1.30 bits per heavy atom. The zero-order valence-corrected chi connectivity index (χ0v) is 12.3. The molecule has 0 saturated heterocycles. The topological polar surface area (TPSA) is 49.4 Å². The fourth-order valence-electron chi connectivity index (χ4n) is 1.97. The molecule has 1 aliphatic carbocycles. The van der Waals surface area contributed by atoms with Crippen molar-refractivity contribution >= 4 is 23.4 Å². The van der Waals surface area contributed by atoms with E-state index >= 15 is 0 Å². The molecule has 0 heterocycles. The van der Waals surface area contributed by atoms with Crippen LogP contribution in [0.2, 0.25) is 5.02 Å². The first-order valence-electron chi connectivity index (χ1n) is 6.90. The van der Waals surface area contributed by atoms with Crippen LogP contribution in [0.4, 0.5) is 0 Å². The highest BCUT2D eigenvalue weighted by molar-refractivity contribution is 6.30. The van der Waals surface area contributed by atoms with Gasteiger partial charge in [0.25, 0.3) is 0 Å². The molecule has 2 amide bonds. The SMILES string of the molecule is CCN(CC(=O)NCc1ccc(Cl)cc1)C(=O)C1CC1. The molecule has 0 radical (unpaired) electrons. The van der Waals surface area contributed by atoms with E-state index in [0.29, 0.717) is 18.1 Å². The van der Waals surface area contributed by atoms with Gasteiger partial charge >= 0.3 is 0 Å². The van der Waals surface area contributed by atoms with E-state index in [1.807, 2.05) is 19.1 Å². The van der Waals surface area contributed by atoms with E-state index in [0.717, 1.165) is 18.4 Å². The van der Waals surface area contributed by atoms with Crippen LogP contribution in [0.3, 0.4) is 0 Å². The number of rotatable bonds is 6. The number of hydrogen-bond donors (Lipinski definition) is 1. The summed E-state index contributed by atoms with van der Waals surface area (Å²) in [5, 5.41) is 3.49. The van der Waals surface area contributed by atoms with Gasteiger partial charge in [0, 0.05) is 24.0 Å². The summed E-state index contributed by atoms with van der Waals surface area (Å²) < 4.78 is 0. The molecule has 1 fully saturated rings. The number of carbonyl (C=O) groups is 2. The first kappa shape index (κ1) is 14.9. The Morgan fingerprint density at radius 3 is 2.50 bits per heavy atom. The lowest BCUT2D eigenvalue weighted by Gasteiger charge is -2.20. The normalized spacial score (nSPS) is 13.9. The molecule has 20 heavy (non-hydrogen) atoms. The number of nitrogens with one attached hydrogen (secondary N) is 1. The maximum absolute atomic E-state index is 11.9. The summed E-state index contributed by atoms with van der Waals surface area (Å²) in [5.41, 5.74) is 0.985. The number of likely N-dealkylation sites (N-methyl/N-ethyl adjacent to an activating group) is 1. The van der Waals surface area contributed by atoms with E-state index in [1.54, 1.807) is 17.0 Å². The second-order valence-electron chi connectivity index (χ2n) is 5.03. The van der Waals surface area contributed by atoms with Gasteiger partial charge in [-0.25, -0.2) is 0 Å². The number of nitrogens with zero attached hydrogens (tertiary/aromatic N) is 1. The van der Waals surface area contributed by atoms with Crippen LogP contribution in [0.5, 0.6) is 0 Å². The van der Waals surface area contributed by atoms with Crippen LogP contribution in [0, 0.1) is 5.92 Å². The molecule has 108 valence electrons. The van der Waals surface area contributed by atoms with Crippen LogP contribution in [0.25, 0.3) is 0 Å². The van der Waals surface area contributed by atoms with Gasteiger partial charge in [0.15, 0.2) is 0 Å². The monoisotopic (exact) mass is 294 g/mol. The molecular formula is C15H19ClN2O2. The molecule has 0 unspecified atom stereocenters. The maximum Gasteiger partial charge on any atom is 0.239 e. The fourth-order valence-corrected chi connectivity index (χ4v) is 2.09. The Balaban J connectivity index is 1.79. The number of amides is 2. The van der Waals surface area contributed by atoms with Gasteiger partial charge in [0.2, 0.25) is 11.8 Å². The van der Waals surface area contributed by atoms with Crippen LogP contribution in [-0.4, -0.2) is 29.8 Å². The molecule has 2 rings (SSSR count). The van der Waals surface area contributed by atoms with Gasteiger partial charge < -0.3 is 10.2 Å². The average Bonchev–Trinajstić information content (AvgIpc) is 3.28. The molecule has 0 spiro atoms. The summed E-state index contributed by atoms with van der Waals surface area (Å²) >= 11 is 5.80. The third-order valence-corrected chi connectivity index (χ3v) is 3.61. The summed E-state index contributed by atoms with van der Waals surface area (Å²) in [5.74, 6) is 0.129. The zero-order valence-electron chi connectivity index (χ0n) is 11.6. The quantitative estimate of drug-likeness (QED) is 0.874. The molecule has 0 aliphatic heterocycles. The molecule has 1 aromatic rings. The van der Waals surface area contributed by atoms with Crippen molar-refractivity contribution in [3.63, 3.8) is 0 Å². The lowest BCUT2D eigenvalue weighted by Crippen LogP contribution is -2.41. The molecular weight excluding hydrogens is 276 g/mol. The zero-order chi connectivity index (χ0) is 14.5. The average molecular weight is 295 g/mol. The maximum atomic E-state index is 11.9. The predicted octanol–water partition coefficient (Wildman–Crippen LogP) is 2.21. The number of halogens is 1. The van der Waals surface area contributed by atoms with Gasteiger partial charge in [-0.15, -0.1) is 0 Å². The summed E-state index contributed by atoms with van der Waals surface area (Å²) in [6.45, 7) is 3.06. The predicted molar refractivity (Wildman–Crippen MR) is 78.3 cm³/mol. The number of carbonyl (C=O) groups excluding carboxylic acids is 2. The lowest BCUT2D eigenvalue weighted by atomic mass is 10.2. The second-order valence-corrected chi connectivity index (χ2v) is 5.47. The highest BCUT2D eigenvalue weighted by Crippen LogP contribution is 2.30. The van der Waals surface area contributed by atoms with E-state index in [4.69, 9.17) is 11.6 Å². The second kappa shape index (κ2) is 6.75. The van der Waals surface area contributed by atoms with E-state index in [9.17, 15) is 9.59 Å². The standard InChI is InChI=1S/C15H19ClN2O2/c1-2-18(15(20)12-5-6-12)10-14(19)17-9-11-3-7-13(16)8-4-11/h3-4,7-8,12H,2,5-6,9-10H2,1H3,(H,17,19). The molecule has 0 bridgehead atoms. The first-order valence-corrected chi connectivity index (χ1v) is 7.28. The van der Waals surface area contributed by atoms with E-state index in [2.05, 4.69) is 5.32 Å². The number of hydrogen-bond acceptors (Lipinski definition) is 2. The van der Waals surface area contributed by atoms with Gasteiger partial charge in [-0.05, 0) is 37.5 Å². The summed E-state index contributed by atoms with van der Waals surface area (Å²) in [6, 6.07) is 7.32. The summed E-state index contributed by atoms with van der Waals surface area (Å²) in [4.78, 5) is 25.4. The Bertz CT molecular complexity index is 483. The molecule has 0 atom stereocenters. The highest BCUT2D eigenvalue weighted by Gasteiger charge is 2.33. The van der Waals surface area contributed by atoms with Crippen molar-refractivity contribution in [2.75, 3.05) is 13.1 Å². The third kappa shape index (κ3) is 4.23. The number of benzene rings is 1. The van der Waals surface area contributed by atoms with Crippen LogP contribution < -0.4 is 5.32 Å². The van der Waals surface area contributed by atoms with Crippen LogP contribution in [-0.2, 0) is 16.1 Å². The molecule has 1 aliphatic rings. The third-order valence-electron chi connectivity index (χ3n) is 3.36. The molecule has 5 heteroatoms. The van der Waals surface area contributed by atoms with Gasteiger partial charge in [0.1, 0.15) is 0 Å². The van der Waals surface area contributed by atoms with Gasteiger partial charge in [-0.1, -0.05) is 23.7 Å². The van der Waals surface area contributed by atoms with Crippen molar-refractivity contribution in [3.8, 4) is 0 Å². The van der Waals surface area contributed by atoms with Crippen molar-refractivity contribution < 1.29 is 9.59 Å². The molecule has 0 aromatic heterocycles. The highest BCUT2D eigenvalue weighted by atomic mass is 35.5. The molecule has 4 nitrogen and oxygen atoms in total. The minimum Gasteiger partial charge on any atom is -0.350 e. The Hall–Kier alpha value is -1.55. The van der Waals surface area contributed by atoms with Crippen LogP contribution in [0.15, 0.2) is 24.3 Å². The van der Waals surface area contributed by atoms with Crippen molar-refractivity contribution in [1.29, 1.82) is 0 Å². The lowest BCUT2D eigenvalue weighted by molar-refractivity contribution is -0.136. The van der Waals surface area contributed by atoms with E-state index < -0.39 is 0 Å². The smallest absolute Gasteiger partial charge is 0.239 e. The van der Waals surface area contributed by atoms with Crippen molar-refractivity contribution in [3.05, 3.63) is 34.9 Å². The van der Waals surface area contributed by atoms with Crippen molar-refractivity contribution in [2.24, 2.45) is 5.92 Å². The van der Waals surface area contributed by atoms with Gasteiger partial charge in [-0.3, -0.25) is 9.59 Å². The van der Waals surface area contributed by atoms with E-state index in [1.165, 1.54) is 0 Å². The van der Waals surface area contributed by atoms with Gasteiger partial charge in [-0.2, -0.15) is 0 Å². The van der Waals surface area contributed by atoms with Gasteiger partial charge in [0.05, 0.1) is 6.54 Å². The Labute approximate surface area is 124 Å². The Kier molecular flexibility index (Phi) is 5.01. The largest absolute Gasteiger partial charge is 0.350 e. The molecule has 1 saturated carbocycles. The Morgan fingerprint density at radius 2 is 1.95 bits per heavy atom. The first-order chi connectivity index (χ1) is 9.60. The molecule has 1 aromatic carbocycles. The summed E-state index contributed by atoms with van der Waals surface area (Å²) in [6.07, 6.45) is 1.92. The van der Waals surface area contributed by atoms with Crippen LogP contribution >= 0.6 is 11.6 Å².